The molecule has 1 aliphatic rings. The highest BCUT2D eigenvalue weighted by molar-refractivity contribution is 6.42. The van der Waals surface area contributed by atoms with E-state index in [1.165, 1.54) is 14.1 Å². The standard InChI is InChI=1S/C14H11FN6O4/c1-19-13(24)11(22)8(6-17-19)10-12(23)21(14(25)20(2)18-10)9-4-3-7(15)5-16-9/h3-6,8H,1-2H3. The summed E-state index contributed by atoms with van der Waals surface area (Å²) in [6.45, 7) is 0. The molecule has 25 heavy (non-hydrogen) atoms. The molecule has 1 unspecified atom stereocenters. The molecule has 0 saturated heterocycles. The van der Waals surface area contributed by atoms with Crippen LogP contribution < -0.4 is 11.2 Å². The number of amides is 1. The minimum Gasteiger partial charge on any atom is -0.287 e. The highest BCUT2D eigenvalue weighted by Crippen LogP contribution is 2.14. The fraction of sp³-hybridized carbons (Fsp3) is 0.214. The molecule has 11 heteroatoms. The third-order valence-electron chi connectivity index (χ3n) is 3.56. The zero-order valence-electron chi connectivity index (χ0n) is 13.1. The van der Waals surface area contributed by atoms with E-state index in [2.05, 4.69) is 15.2 Å². The summed E-state index contributed by atoms with van der Waals surface area (Å²) in [5.41, 5.74) is -2.13. The number of carbonyl (C=O) groups excluding carboxylic acids is 2. The number of hydrogen-bond acceptors (Lipinski definition) is 7. The molecule has 128 valence electrons. The molecule has 2 aromatic rings. The summed E-state index contributed by atoms with van der Waals surface area (Å²) >= 11 is 0. The van der Waals surface area contributed by atoms with E-state index >= 15 is 0 Å². The van der Waals surface area contributed by atoms with Gasteiger partial charge in [-0.3, -0.25) is 14.4 Å². The van der Waals surface area contributed by atoms with Crippen molar-refractivity contribution in [1.82, 2.24) is 24.3 Å². The monoisotopic (exact) mass is 346 g/mol. The van der Waals surface area contributed by atoms with Gasteiger partial charge in [0.2, 0.25) is 5.78 Å². The predicted octanol–water partition coefficient (Wildman–Crippen LogP) is -1.42. The van der Waals surface area contributed by atoms with Crippen LogP contribution in [0.4, 0.5) is 4.39 Å². The topological polar surface area (TPSA) is 120 Å². The lowest BCUT2D eigenvalue weighted by molar-refractivity contribution is -0.144. The van der Waals surface area contributed by atoms with Crippen molar-refractivity contribution in [3.63, 3.8) is 0 Å². The third kappa shape index (κ3) is 2.65. The third-order valence-corrected chi connectivity index (χ3v) is 3.56. The Hall–Kier alpha value is -3.50. The Kier molecular flexibility index (Phi) is 3.83. The minimum absolute atomic E-state index is 0.140. The highest BCUT2D eigenvalue weighted by atomic mass is 19.1. The van der Waals surface area contributed by atoms with Crippen LogP contribution in [0.5, 0.6) is 0 Å². The van der Waals surface area contributed by atoms with E-state index in [-0.39, 0.29) is 11.5 Å². The Labute approximate surface area is 138 Å². The SMILES string of the molecule is CN1N=CC(c2nn(C)c(=O)n(-c3ccc(F)cn3)c2=O)C(=O)C1=O. The number of hydrazone groups is 1. The number of rotatable bonds is 2. The molecule has 1 atom stereocenters. The van der Waals surface area contributed by atoms with Crippen LogP contribution in [0.2, 0.25) is 0 Å². The maximum absolute atomic E-state index is 13.0. The van der Waals surface area contributed by atoms with Gasteiger partial charge in [0.1, 0.15) is 23.2 Å². The number of halogens is 1. The van der Waals surface area contributed by atoms with Crippen molar-refractivity contribution in [2.45, 2.75) is 5.92 Å². The van der Waals surface area contributed by atoms with Gasteiger partial charge in [-0.05, 0) is 12.1 Å². The Morgan fingerprint density at radius 1 is 1.12 bits per heavy atom. The molecule has 0 fully saturated rings. The molecule has 0 saturated carbocycles. The number of aromatic nitrogens is 4. The average molecular weight is 346 g/mol. The maximum atomic E-state index is 13.0. The van der Waals surface area contributed by atoms with Crippen LogP contribution in [0, 0.1) is 5.82 Å². The van der Waals surface area contributed by atoms with Gasteiger partial charge >= 0.3 is 11.6 Å². The van der Waals surface area contributed by atoms with Gasteiger partial charge in [-0.15, -0.1) is 0 Å². The van der Waals surface area contributed by atoms with Crippen LogP contribution in [0.25, 0.3) is 5.82 Å². The minimum atomic E-state index is -1.32. The molecule has 0 aromatic carbocycles. The molecule has 1 aliphatic heterocycles. The number of pyridine rings is 1. The number of carbonyl (C=O) groups is 2. The van der Waals surface area contributed by atoms with Crippen LogP contribution in [-0.4, -0.2) is 49.3 Å². The smallest absolute Gasteiger partial charge is 0.287 e. The first kappa shape index (κ1) is 16.4. The number of aryl methyl sites for hydroxylation is 1. The molecular formula is C14H11FN6O4. The molecular weight excluding hydrogens is 335 g/mol. The summed E-state index contributed by atoms with van der Waals surface area (Å²) in [5, 5.41) is 8.35. The molecule has 0 spiro atoms. The average Bonchev–Trinajstić information content (AvgIpc) is 2.58. The van der Waals surface area contributed by atoms with Crippen molar-refractivity contribution in [2.24, 2.45) is 12.1 Å². The summed E-state index contributed by atoms with van der Waals surface area (Å²) in [7, 11) is 2.56. The van der Waals surface area contributed by atoms with Crippen LogP contribution in [0.3, 0.4) is 0 Å². The lowest BCUT2D eigenvalue weighted by Crippen LogP contribution is -2.46. The predicted molar refractivity (Wildman–Crippen MR) is 81.8 cm³/mol. The zero-order valence-corrected chi connectivity index (χ0v) is 13.1. The van der Waals surface area contributed by atoms with Crippen molar-refractivity contribution >= 4 is 17.9 Å². The highest BCUT2D eigenvalue weighted by Gasteiger charge is 2.35. The second-order valence-corrected chi connectivity index (χ2v) is 5.20. The molecule has 3 heterocycles. The van der Waals surface area contributed by atoms with Crippen molar-refractivity contribution in [3.8, 4) is 5.82 Å². The Morgan fingerprint density at radius 2 is 1.84 bits per heavy atom. The van der Waals surface area contributed by atoms with Crippen LogP contribution >= 0.6 is 0 Å². The van der Waals surface area contributed by atoms with Crippen LogP contribution in [0.1, 0.15) is 11.6 Å². The van der Waals surface area contributed by atoms with Crippen LogP contribution in [-0.2, 0) is 16.6 Å². The van der Waals surface area contributed by atoms with Crippen molar-refractivity contribution < 1.29 is 14.0 Å². The normalized spacial score (nSPS) is 17.2. The molecule has 0 N–H and O–H groups in total. The summed E-state index contributed by atoms with van der Waals surface area (Å²) < 4.78 is 14.5. The van der Waals surface area contributed by atoms with E-state index < -0.39 is 34.7 Å². The van der Waals surface area contributed by atoms with Gasteiger partial charge in [0.05, 0.1) is 6.20 Å². The molecule has 3 rings (SSSR count). The zero-order chi connectivity index (χ0) is 18.3. The van der Waals surface area contributed by atoms with Gasteiger partial charge in [0.25, 0.3) is 5.56 Å². The van der Waals surface area contributed by atoms with E-state index in [1.807, 2.05) is 0 Å². The fourth-order valence-electron chi connectivity index (χ4n) is 2.26. The van der Waals surface area contributed by atoms with Gasteiger partial charge in [-0.2, -0.15) is 10.2 Å². The second-order valence-electron chi connectivity index (χ2n) is 5.20. The Balaban J connectivity index is 2.24. The molecule has 2 aromatic heterocycles. The first-order chi connectivity index (χ1) is 11.8. The fourth-order valence-corrected chi connectivity index (χ4v) is 2.26. The second kappa shape index (κ2) is 5.85. The maximum Gasteiger partial charge on any atom is 0.353 e. The first-order valence-corrected chi connectivity index (χ1v) is 6.99. The molecule has 10 nitrogen and oxygen atoms in total. The lowest BCUT2D eigenvalue weighted by Gasteiger charge is -2.19. The number of ketones is 1. The van der Waals surface area contributed by atoms with E-state index in [9.17, 15) is 23.6 Å². The molecule has 0 radical (unpaired) electrons. The van der Waals surface area contributed by atoms with Gasteiger partial charge in [0.15, 0.2) is 0 Å². The lowest BCUT2D eigenvalue weighted by atomic mass is 10.00. The van der Waals surface area contributed by atoms with E-state index in [1.54, 1.807) is 0 Å². The number of Topliss-reactive ketones (excluding diaryl/α,β-unsaturated/α-hetero) is 1. The number of hydrogen-bond donors (Lipinski definition) is 0. The quantitative estimate of drug-likeness (QED) is 0.615. The molecule has 1 amide bonds. The van der Waals surface area contributed by atoms with E-state index in [0.29, 0.717) is 4.57 Å². The van der Waals surface area contributed by atoms with Gasteiger partial charge < -0.3 is 0 Å². The first-order valence-electron chi connectivity index (χ1n) is 6.99. The Morgan fingerprint density at radius 3 is 2.48 bits per heavy atom. The molecule has 0 bridgehead atoms. The van der Waals surface area contributed by atoms with Gasteiger partial charge in [-0.1, -0.05) is 0 Å². The summed E-state index contributed by atoms with van der Waals surface area (Å²) in [5.74, 6) is -3.92. The van der Waals surface area contributed by atoms with Crippen molar-refractivity contribution in [1.29, 1.82) is 0 Å². The van der Waals surface area contributed by atoms with E-state index in [4.69, 9.17) is 0 Å². The summed E-state index contributed by atoms with van der Waals surface area (Å²) in [6.07, 6.45) is 1.94. The van der Waals surface area contributed by atoms with E-state index in [0.717, 1.165) is 34.2 Å². The summed E-state index contributed by atoms with van der Waals surface area (Å²) in [6, 6.07) is 2.16. The van der Waals surface area contributed by atoms with Crippen LogP contribution in [0.15, 0.2) is 33.0 Å². The summed E-state index contributed by atoms with van der Waals surface area (Å²) in [4.78, 5) is 52.5. The molecule has 0 aliphatic carbocycles. The Bertz CT molecular complexity index is 1020. The number of nitrogens with zero attached hydrogens (tertiary/aromatic N) is 6. The van der Waals surface area contributed by atoms with Gasteiger partial charge in [0, 0.05) is 20.3 Å². The number of likely N-dealkylation sites (N-methyl/N-ethyl adjacent to an activating group) is 1. The van der Waals surface area contributed by atoms with Crippen molar-refractivity contribution in [2.75, 3.05) is 7.05 Å². The van der Waals surface area contributed by atoms with Gasteiger partial charge in [-0.25, -0.2) is 28.4 Å². The largest absolute Gasteiger partial charge is 0.353 e. The van der Waals surface area contributed by atoms with Crippen molar-refractivity contribution in [3.05, 3.63) is 50.7 Å².